The second-order valence-corrected chi connectivity index (χ2v) is 5.02. The molecule has 2 heterocycles. The molecule has 0 bridgehead atoms. The summed E-state index contributed by atoms with van der Waals surface area (Å²) < 4.78 is 0. The van der Waals surface area contributed by atoms with Crippen molar-refractivity contribution in [2.24, 2.45) is 0 Å². The molecule has 1 unspecified atom stereocenters. The van der Waals surface area contributed by atoms with Crippen LogP contribution in [0.15, 0.2) is 6.07 Å². The van der Waals surface area contributed by atoms with E-state index in [2.05, 4.69) is 9.97 Å². The van der Waals surface area contributed by atoms with Crippen molar-refractivity contribution in [1.82, 2.24) is 9.97 Å². The fraction of sp³-hybridized carbons (Fsp3) is 0.643. The first-order valence-electron chi connectivity index (χ1n) is 6.96. The van der Waals surface area contributed by atoms with Crippen molar-refractivity contribution in [2.45, 2.75) is 52.0 Å². The second kappa shape index (κ2) is 5.99. The van der Waals surface area contributed by atoms with Gasteiger partial charge in [-0.25, -0.2) is 14.8 Å². The van der Waals surface area contributed by atoms with Crippen LogP contribution in [0.4, 0.5) is 5.82 Å². The summed E-state index contributed by atoms with van der Waals surface area (Å²) in [6.45, 7) is 4.66. The van der Waals surface area contributed by atoms with Crippen molar-refractivity contribution in [1.29, 1.82) is 0 Å². The Morgan fingerprint density at radius 2 is 2.21 bits per heavy atom. The van der Waals surface area contributed by atoms with Gasteiger partial charge in [0.2, 0.25) is 0 Å². The second-order valence-electron chi connectivity index (χ2n) is 5.02. The number of rotatable bonds is 3. The van der Waals surface area contributed by atoms with Gasteiger partial charge in [0.1, 0.15) is 17.7 Å². The summed E-state index contributed by atoms with van der Waals surface area (Å²) in [5.41, 5.74) is 0.968. The first-order valence-corrected chi connectivity index (χ1v) is 6.96. The largest absolute Gasteiger partial charge is 0.480 e. The SMILES string of the molecule is CCc1cc(N2CCCCCC2C(=O)O)nc(C)n1. The minimum atomic E-state index is -0.754. The van der Waals surface area contributed by atoms with Gasteiger partial charge in [0.05, 0.1) is 0 Å². The van der Waals surface area contributed by atoms with Crippen LogP contribution >= 0.6 is 0 Å². The molecule has 5 nitrogen and oxygen atoms in total. The molecule has 19 heavy (non-hydrogen) atoms. The number of carboxylic acid groups (broad SMARTS) is 1. The minimum Gasteiger partial charge on any atom is -0.480 e. The number of aliphatic carboxylic acids is 1. The third-order valence-electron chi connectivity index (χ3n) is 3.57. The monoisotopic (exact) mass is 263 g/mol. The molecule has 1 aromatic heterocycles. The molecule has 1 aliphatic rings. The summed E-state index contributed by atoms with van der Waals surface area (Å²) in [5.74, 6) is 0.720. The van der Waals surface area contributed by atoms with Gasteiger partial charge in [-0.1, -0.05) is 19.8 Å². The van der Waals surface area contributed by atoms with Crippen LogP contribution in [0.2, 0.25) is 0 Å². The fourth-order valence-electron chi connectivity index (χ4n) is 2.58. The first-order chi connectivity index (χ1) is 9.11. The van der Waals surface area contributed by atoms with Gasteiger partial charge in [-0.3, -0.25) is 0 Å². The normalized spacial score (nSPS) is 20.1. The summed E-state index contributed by atoms with van der Waals surface area (Å²) >= 11 is 0. The number of anilines is 1. The average Bonchev–Trinajstić information content (AvgIpc) is 2.63. The molecule has 1 aliphatic heterocycles. The van der Waals surface area contributed by atoms with E-state index in [0.717, 1.165) is 43.7 Å². The predicted molar refractivity (Wildman–Crippen MR) is 73.4 cm³/mol. The van der Waals surface area contributed by atoms with E-state index in [0.29, 0.717) is 12.2 Å². The van der Waals surface area contributed by atoms with Crippen molar-refractivity contribution in [3.63, 3.8) is 0 Å². The molecule has 1 saturated heterocycles. The molecule has 0 spiro atoms. The molecule has 0 aliphatic carbocycles. The highest BCUT2D eigenvalue weighted by Crippen LogP contribution is 2.23. The molecule has 1 N–H and O–H groups in total. The van der Waals surface area contributed by atoms with E-state index in [1.54, 1.807) is 0 Å². The standard InChI is InChI=1S/C14H21N3O2/c1-3-11-9-13(16-10(2)15-11)17-8-6-4-5-7-12(17)14(18)19/h9,12H,3-8H2,1-2H3,(H,18,19). The molecule has 2 rings (SSSR count). The number of aromatic nitrogens is 2. The van der Waals surface area contributed by atoms with E-state index in [-0.39, 0.29) is 0 Å². The van der Waals surface area contributed by atoms with Gasteiger partial charge in [-0.15, -0.1) is 0 Å². The Labute approximate surface area is 113 Å². The Hall–Kier alpha value is -1.65. The number of carbonyl (C=O) groups is 1. The molecule has 104 valence electrons. The maximum absolute atomic E-state index is 11.4. The lowest BCUT2D eigenvalue weighted by atomic mass is 10.1. The molecule has 1 atom stereocenters. The molecular formula is C14H21N3O2. The van der Waals surface area contributed by atoms with Gasteiger partial charge in [-0.05, 0) is 26.2 Å². The van der Waals surface area contributed by atoms with E-state index >= 15 is 0 Å². The first kappa shape index (κ1) is 13.8. The molecule has 0 aromatic carbocycles. The van der Waals surface area contributed by atoms with Gasteiger partial charge >= 0.3 is 5.97 Å². The molecular weight excluding hydrogens is 242 g/mol. The van der Waals surface area contributed by atoms with Gasteiger partial charge in [0, 0.05) is 18.3 Å². The van der Waals surface area contributed by atoms with Crippen LogP contribution in [0, 0.1) is 6.92 Å². The number of carboxylic acids is 1. The van der Waals surface area contributed by atoms with Gasteiger partial charge in [0.25, 0.3) is 0 Å². The van der Waals surface area contributed by atoms with Crippen LogP contribution in [0.25, 0.3) is 0 Å². The van der Waals surface area contributed by atoms with Gasteiger partial charge in [-0.2, -0.15) is 0 Å². The summed E-state index contributed by atoms with van der Waals surface area (Å²) in [6.07, 6.45) is 4.61. The van der Waals surface area contributed by atoms with E-state index in [9.17, 15) is 9.90 Å². The van der Waals surface area contributed by atoms with Crippen molar-refractivity contribution in [3.05, 3.63) is 17.6 Å². The Balaban J connectivity index is 2.35. The van der Waals surface area contributed by atoms with Gasteiger partial charge in [0.15, 0.2) is 0 Å². The lowest BCUT2D eigenvalue weighted by Crippen LogP contribution is -2.41. The highest BCUT2D eigenvalue weighted by atomic mass is 16.4. The molecule has 1 aromatic rings. The number of hydrogen-bond donors (Lipinski definition) is 1. The summed E-state index contributed by atoms with van der Waals surface area (Å²) in [5, 5.41) is 9.41. The number of nitrogens with zero attached hydrogens (tertiary/aromatic N) is 3. The van der Waals surface area contributed by atoms with Crippen molar-refractivity contribution >= 4 is 11.8 Å². The predicted octanol–water partition coefficient (Wildman–Crippen LogP) is 2.18. The molecule has 0 radical (unpaired) electrons. The fourth-order valence-corrected chi connectivity index (χ4v) is 2.58. The van der Waals surface area contributed by atoms with Crippen LogP contribution < -0.4 is 4.90 Å². The topological polar surface area (TPSA) is 66.3 Å². The molecule has 0 amide bonds. The Morgan fingerprint density at radius 3 is 2.89 bits per heavy atom. The zero-order valence-electron chi connectivity index (χ0n) is 11.6. The van der Waals surface area contributed by atoms with E-state index < -0.39 is 12.0 Å². The third kappa shape index (κ3) is 3.22. The maximum Gasteiger partial charge on any atom is 0.326 e. The quantitative estimate of drug-likeness (QED) is 0.905. The highest BCUT2D eigenvalue weighted by Gasteiger charge is 2.28. The van der Waals surface area contributed by atoms with Crippen LogP contribution in [-0.4, -0.2) is 33.6 Å². The molecule has 5 heteroatoms. The lowest BCUT2D eigenvalue weighted by molar-refractivity contribution is -0.138. The summed E-state index contributed by atoms with van der Waals surface area (Å²) in [6, 6.07) is 1.47. The Bertz CT molecular complexity index is 462. The number of hydrogen-bond acceptors (Lipinski definition) is 4. The number of aryl methyl sites for hydroxylation is 2. The summed E-state index contributed by atoms with van der Waals surface area (Å²) in [4.78, 5) is 22.2. The summed E-state index contributed by atoms with van der Waals surface area (Å²) in [7, 11) is 0. The van der Waals surface area contributed by atoms with Crippen LogP contribution in [0.5, 0.6) is 0 Å². The van der Waals surface area contributed by atoms with Crippen molar-refractivity contribution < 1.29 is 9.90 Å². The van der Waals surface area contributed by atoms with Crippen molar-refractivity contribution in [2.75, 3.05) is 11.4 Å². The van der Waals surface area contributed by atoms with E-state index in [4.69, 9.17) is 0 Å². The minimum absolute atomic E-state index is 0.457. The lowest BCUT2D eigenvalue weighted by Gasteiger charge is -2.28. The van der Waals surface area contributed by atoms with E-state index in [1.165, 1.54) is 0 Å². The molecule has 1 fully saturated rings. The zero-order valence-corrected chi connectivity index (χ0v) is 11.6. The zero-order chi connectivity index (χ0) is 13.8. The highest BCUT2D eigenvalue weighted by molar-refractivity contribution is 5.77. The smallest absolute Gasteiger partial charge is 0.326 e. The van der Waals surface area contributed by atoms with E-state index in [1.807, 2.05) is 24.8 Å². The maximum atomic E-state index is 11.4. The Morgan fingerprint density at radius 1 is 1.42 bits per heavy atom. The third-order valence-corrected chi connectivity index (χ3v) is 3.57. The Kier molecular flexibility index (Phi) is 4.35. The van der Waals surface area contributed by atoms with Crippen LogP contribution in [-0.2, 0) is 11.2 Å². The molecule has 0 saturated carbocycles. The van der Waals surface area contributed by atoms with Crippen LogP contribution in [0.3, 0.4) is 0 Å². The van der Waals surface area contributed by atoms with Crippen molar-refractivity contribution in [3.8, 4) is 0 Å². The van der Waals surface area contributed by atoms with Crippen LogP contribution in [0.1, 0.15) is 44.1 Å². The van der Waals surface area contributed by atoms with Gasteiger partial charge < -0.3 is 10.0 Å². The average molecular weight is 263 g/mol.